The highest BCUT2D eigenvalue weighted by atomic mass is 31.1. The SMILES string of the molecule is CC1(C)C2PC(C1(C)C)C(C)(C)C2(C)C.CP(C)C.CP(C)C.CP(C1CCCCC1)C1CCCCC1.CP1Cc2ccc3ccccc3c2-c2c(ccc3ccccc23)C1.C[C@@H]1COC[C@@H](C)P1C.C[C@H]1CC[C@H](C)P1C.C[C@H]1[C@H]2OC(C)(C)O[C@@H]2[C@H](C)P1C.Cp1oc2ccc3ccccc3c2c2c(ccc3ccccc32)o1.Cp1oc2ccccc2c2ccccc2o1. The predicted molar refractivity (Wildman–Crippen MR) is 603 cm³/mol. The Morgan fingerprint density at radius 2 is 0.618 bits per heavy atom. The molecule has 12 aromatic rings. The molecular weight excluding hydrogens is 1790 g/mol. The minimum Gasteiger partial charge on any atom is -0.419 e. The fraction of sp³-hybridized carbons (Fsp3) is 0.544. The second-order valence-corrected chi connectivity index (χ2v) is 66.4. The van der Waals surface area contributed by atoms with Gasteiger partial charge >= 0.3 is 0 Å². The molecule has 2 aliphatic carbocycles. The van der Waals surface area contributed by atoms with Crippen LogP contribution in [0.15, 0.2) is 211 Å². The van der Waals surface area contributed by atoms with Gasteiger partial charge in [0.15, 0.2) is 5.79 Å². The maximum absolute atomic E-state index is 6.14. The Morgan fingerprint density at radius 3 is 0.947 bits per heavy atom. The molecule has 8 atom stereocenters. The summed E-state index contributed by atoms with van der Waals surface area (Å²) in [7, 11) is 1.18. The van der Waals surface area contributed by atoms with Gasteiger partial charge in [-0.15, -0.1) is 48.2 Å². The Labute approximate surface area is 804 Å². The van der Waals surface area contributed by atoms with E-state index < -0.39 is 16.0 Å². The summed E-state index contributed by atoms with van der Waals surface area (Å²) in [6, 6.07) is 68.4. The molecule has 9 aliphatic rings. The molecule has 712 valence electrons. The van der Waals surface area contributed by atoms with Crippen LogP contribution < -0.4 is 0 Å². The number of aryl methyl sites for hydroxylation is 2. The third kappa shape index (κ3) is 25.4. The lowest BCUT2D eigenvalue weighted by atomic mass is 9.45. The normalized spacial score (nSPS) is 25.1. The number of fused-ring (bicyclic) bond motifs is 20. The van der Waals surface area contributed by atoms with E-state index in [9.17, 15) is 0 Å². The number of benzene rings is 10. The van der Waals surface area contributed by atoms with Crippen LogP contribution in [0.2, 0.25) is 0 Å². The van der Waals surface area contributed by atoms with Crippen LogP contribution in [0.4, 0.5) is 0 Å². The highest BCUT2D eigenvalue weighted by molar-refractivity contribution is 7.59. The van der Waals surface area contributed by atoms with Gasteiger partial charge in [-0.05, 0) is 295 Å². The summed E-state index contributed by atoms with van der Waals surface area (Å²) in [5, 5.41) is 14.8. The highest BCUT2D eigenvalue weighted by Gasteiger charge is 2.71. The summed E-state index contributed by atoms with van der Waals surface area (Å²) in [5.41, 5.74) is 20.9. The van der Waals surface area contributed by atoms with Crippen LogP contribution in [-0.2, 0) is 39.9 Å². The second kappa shape index (κ2) is 47.1. The van der Waals surface area contributed by atoms with E-state index in [4.69, 9.17) is 31.0 Å². The van der Waals surface area contributed by atoms with Crippen molar-refractivity contribution >= 4 is 167 Å². The van der Waals surface area contributed by atoms with Crippen LogP contribution in [0.25, 0.3) is 98.1 Å². The molecule has 0 radical (unpaired) electrons. The number of hydrogen-bond donors (Lipinski definition) is 0. The first-order valence-electron chi connectivity index (χ1n) is 49.0. The Kier molecular flexibility index (Phi) is 38.2. The van der Waals surface area contributed by atoms with Gasteiger partial charge in [-0.3, -0.25) is 0 Å². The van der Waals surface area contributed by atoms with Crippen molar-refractivity contribution in [3.63, 3.8) is 0 Å². The van der Waals surface area contributed by atoms with Gasteiger partial charge in [0.05, 0.1) is 25.4 Å². The average Bonchev–Trinajstić information content (AvgIpc) is 1.51. The van der Waals surface area contributed by atoms with E-state index in [-0.39, 0.29) is 29.6 Å². The largest absolute Gasteiger partial charge is 0.419 e. The van der Waals surface area contributed by atoms with E-state index in [0.29, 0.717) is 76.9 Å². The molecule has 17 heteroatoms. The minimum absolute atomic E-state index is 0.00224. The van der Waals surface area contributed by atoms with Crippen molar-refractivity contribution in [2.45, 2.75) is 275 Å². The molecule has 9 heterocycles. The zero-order chi connectivity index (χ0) is 94.8. The summed E-state index contributed by atoms with van der Waals surface area (Å²) < 4.78 is 41.1. The molecule has 131 heavy (non-hydrogen) atoms. The first-order chi connectivity index (χ1) is 62.1. The average molecular weight is 1960 g/mol. The van der Waals surface area contributed by atoms with Crippen molar-refractivity contribution in [2.75, 3.05) is 86.5 Å². The van der Waals surface area contributed by atoms with Gasteiger partial charge in [-0.1, -0.05) is 321 Å². The van der Waals surface area contributed by atoms with Gasteiger partial charge in [-0.2, -0.15) is 0 Å². The zero-order valence-corrected chi connectivity index (χ0v) is 94.6. The third-order valence-electron chi connectivity index (χ3n) is 30.9. The van der Waals surface area contributed by atoms with Crippen LogP contribution in [0, 0.1) is 21.7 Å². The summed E-state index contributed by atoms with van der Waals surface area (Å²) in [6.07, 6.45) is 21.6. The van der Waals surface area contributed by atoms with Crippen LogP contribution in [0.5, 0.6) is 0 Å². The Morgan fingerprint density at radius 1 is 0.321 bits per heavy atom. The molecule has 10 aromatic carbocycles. The molecular formula is C114H164O7P10. The summed E-state index contributed by atoms with van der Waals surface area (Å²) >= 11 is 0. The molecule has 7 nitrogen and oxygen atoms in total. The number of rotatable bonds is 2. The van der Waals surface area contributed by atoms with E-state index >= 15 is 0 Å². The monoisotopic (exact) mass is 1950 g/mol. The van der Waals surface area contributed by atoms with Gasteiger partial charge in [-0.25, -0.2) is 0 Å². The van der Waals surface area contributed by atoms with Crippen LogP contribution in [-0.4, -0.2) is 161 Å². The van der Waals surface area contributed by atoms with Gasteiger partial charge in [0.2, 0.25) is 16.0 Å². The molecule has 21 rings (SSSR count). The van der Waals surface area contributed by atoms with Crippen molar-refractivity contribution in [1.29, 1.82) is 0 Å². The van der Waals surface area contributed by atoms with Gasteiger partial charge in [0.25, 0.3) is 0 Å². The van der Waals surface area contributed by atoms with Crippen LogP contribution in [0.3, 0.4) is 0 Å². The number of hydrogen-bond acceptors (Lipinski definition) is 7. The maximum atomic E-state index is 6.14. The van der Waals surface area contributed by atoms with E-state index in [2.05, 4.69) is 328 Å². The molecule has 2 bridgehead atoms. The van der Waals surface area contributed by atoms with Gasteiger partial charge in [0.1, 0.15) is 22.3 Å². The topological polar surface area (TPSA) is 80.2 Å². The van der Waals surface area contributed by atoms with Crippen molar-refractivity contribution in [3.8, 4) is 11.1 Å². The molecule has 7 aliphatic heterocycles. The lowest BCUT2D eigenvalue weighted by Gasteiger charge is -2.59. The van der Waals surface area contributed by atoms with Crippen molar-refractivity contribution in [2.24, 2.45) is 35.0 Å². The van der Waals surface area contributed by atoms with Crippen molar-refractivity contribution in [1.82, 2.24) is 0 Å². The lowest BCUT2D eigenvalue weighted by molar-refractivity contribution is -0.147. The third-order valence-corrected chi connectivity index (χ3v) is 50.9. The first-order valence-corrected chi connectivity index (χ1v) is 68.7. The number of ether oxygens (including phenoxy) is 3. The molecule has 0 N–H and O–H groups in total. The smallest absolute Gasteiger partial charge is 0.213 e. The van der Waals surface area contributed by atoms with Crippen molar-refractivity contribution < 1.29 is 31.0 Å². The first kappa shape index (κ1) is 106. The van der Waals surface area contributed by atoms with E-state index in [0.717, 1.165) is 102 Å². The number of para-hydroxylation sites is 2. The van der Waals surface area contributed by atoms with Gasteiger partial charge in [0, 0.05) is 46.2 Å². The van der Waals surface area contributed by atoms with Gasteiger partial charge < -0.3 is 31.0 Å². The standard InChI is InChI=1S/C23H19P.C21H15O2P.C14H27P.C13H11O2P.C13H25P.C10H19O2P.C7H15OP.C7H15P.2C3H9P/c1-24-14-18-12-10-16-6-2-4-8-20(16)22(18)23-19(15-24)13-11-17-7-3-5-9-21(17)23;1-24-22-18-12-10-14-6-2-4-8-16(14)20(18)21-17-9-5-3-7-15(17)11-13-19(21)23-24;1-11(2)9-13(5,6)14(7,8)10(15-9)12(11,3)4;1-16-14-12-8-4-2-6-10(12)11-7-3-5-9-13(11)15-16;1-14(12-8-4-2-5-9-12)13-10-6-3-7-11-13;1-6-8-9(7(2)13(6)5)12-10(3,4)11-8;1-6-4-8-5-7(2)9(6)3;1-6-4-5-7(2)8(6)3;2*1-4(2)3/h2-13H,14-15H2,1H3;2-13H,1H3;9-10,15H,1-8H3;2-9H,1H3;12-13H,2-11H2,1H3;6-9H,1-5H3;6-7H,4-5H2,1-3H3;6-7H,4-5H2,1-3H3;2*1-3H3/t;;;;;6-,7-,8+,9+;2*6-,7-;;/m.....010../s1. The molecule has 0 amide bonds. The Hall–Kier alpha value is -3.64. The van der Waals surface area contributed by atoms with E-state index in [1.54, 1.807) is 25.7 Å². The Balaban J connectivity index is 0.000000137. The molecule has 8 fully saturated rings. The molecule has 0 unspecified atom stereocenters. The Bertz CT molecular complexity index is 5430. The molecule has 0 spiro atoms. The van der Waals surface area contributed by atoms with Crippen LogP contribution in [0.1, 0.15) is 199 Å². The molecule has 2 saturated carbocycles. The quantitative estimate of drug-likeness (QED) is 0.160. The second-order valence-electron chi connectivity index (χ2n) is 42.8. The summed E-state index contributed by atoms with van der Waals surface area (Å²) in [4.78, 5) is 0. The molecule has 6 saturated heterocycles. The fourth-order valence-electron chi connectivity index (χ4n) is 21.8. The van der Waals surface area contributed by atoms with E-state index in [1.807, 2.05) is 63.6 Å². The van der Waals surface area contributed by atoms with Crippen LogP contribution >= 0.6 is 80.1 Å². The lowest BCUT2D eigenvalue weighted by Crippen LogP contribution is -2.58. The summed E-state index contributed by atoms with van der Waals surface area (Å²) in [6.45, 7) is 69.6. The maximum Gasteiger partial charge on any atom is 0.213 e. The predicted octanol–water partition coefficient (Wildman–Crippen LogP) is 37.7. The van der Waals surface area contributed by atoms with E-state index in [1.165, 1.54) is 138 Å². The summed E-state index contributed by atoms with van der Waals surface area (Å²) in [5.74, 6) is -0.353. The zero-order valence-electron chi connectivity index (χ0n) is 85.6. The molecule has 2 aromatic heterocycles. The minimum atomic E-state index is -1.00. The highest BCUT2D eigenvalue weighted by Crippen LogP contribution is 2.80. The fourth-order valence-corrected chi connectivity index (χ4v) is 37.5. The van der Waals surface area contributed by atoms with Crippen molar-refractivity contribution in [3.05, 3.63) is 205 Å².